The molecule has 0 amide bonds. The SMILES string of the molecule is CC/C=C\C/C=C\C/C=C\CCCCCCCCCC(=O)OCC(COC(=O)CCCCCCCCCCCCC/C=C\C/C=C\CCCCCCC)OC(=O)CCCCCCCCCCCCCCCCCCCCCCCCC. The molecule has 0 radical (unpaired) electrons. The van der Waals surface area contributed by atoms with Gasteiger partial charge in [-0.25, -0.2) is 0 Å². The van der Waals surface area contributed by atoms with Gasteiger partial charge in [0.05, 0.1) is 0 Å². The first-order valence-electron chi connectivity index (χ1n) is 35.8. The van der Waals surface area contributed by atoms with Crippen molar-refractivity contribution in [1.29, 1.82) is 0 Å². The lowest BCUT2D eigenvalue weighted by molar-refractivity contribution is -0.167. The smallest absolute Gasteiger partial charge is 0.306 e. The van der Waals surface area contributed by atoms with Crippen LogP contribution >= 0.6 is 0 Å². The number of rotatable bonds is 66. The topological polar surface area (TPSA) is 78.9 Å². The lowest BCUT2D eigenvalue weighted by Crippen LogP contribution is -2.30. The van der Waals surface area contributed by atoms with Crippen LogP contribution in [0.15, 0.2) is 60.8 Å². The molecule has 0 aliphatic heterocycles. The van der Waals surface area contributed by atoms with E-state index >= 15 is 0 Å². The first kappa shape index (κ1) is 78.1. The molecule has 0 saturated heterocycles. The van der Waals surface area contributed by atoms with E-state index < -0.39 is 6.10 Å². The van der Waals surface area contributed by atoms with Crippen molar-refractivity contribution in [2.24, 2.45) is 0 Å². The number of carbonyl (C=O) groups is 3. The minimum Gasteiger partial charge on any atom is -0.462 e. The molecule has 0 aromatic rings. The Morgan fingerprint density at radius 1 is 0.259 bits per heavy atom. The Balaban J connectivity index is 4.32. The fourth-order valence-electron chi connectivity index (χ4n) is 10.7. The third-order valence-corrected chi connectivity index (χ3v) is 16.0. The number of ether oxygens (including phenoxy) is 3. The maximum Gasteiger partial charge on any atom is 0.306 e. The van der Waals surface area contributed by atoms with Gasteiger partial charge >= 0.3 is 17.9 Å². The van der Waals surface area contributed by atoms with E-state index in [4.69, 9.17) is 14.2 Å². The molecule has 0 aromatic carbocycles. The Morgan fingerprint density at radius 3 is 0.753 bits per heavy atom. The highest BCUT2D eigenvalue weighted by Gasteiger charge is 2.19. The average molecular weight is 1130 g/mol. The second-order valence-corrected chi connectivity index (χ2v) is 24.1. The van der Waals surface area contributed by atoms with Crippen molar-refractivity contribution in [1.82, 2.24) is 0 Å². The molecule has 0 bridgehead atoms. The molecule has 1 unspecified atom stereocenters. The van der Waals surface area contributed by atoms with Gasteiger partial charge in [0.2, 0.25) is 0 Å². The molecular formula is C75H136O6. The molecule has 0 aromatic heterocycles. The van der Waals surface area contributed by atoms with E-state index in [-0.39, 0.29) is 31.1 Å². The first-order chi connectivity index (χ1) is 40.0. The van der Waals surface area contributed by atoms with Gasteiger partial charge in [-0.05, 0) is 83.5 Å². The molecule has 0 aliphatic rings. The molecule has 472 valence electrons. The van der Waals surface area contributed by atoms with E-state index in [1.807, 2.05) is 0 Å². The zero-order valence-corrected chi connectivity index (χ0v) is 54.3. The van der Waals surface area contributed by atoms with E-state index in [1.165, 1.54) is 250 Å². The zero-order valence-electron chi connectivity index (χ0n) is 54.3. The standard InChI is InChI=1S/C75H136O6/c1-4-7-10-13-16-19-22-25-28-31-33-35-37-39-41-44-47-50-53-56-59-62-65-68-74(77)80-71-72(70-79-73(76)67-64-61-58-55-52-49-46-43-30-27-24-21-18-15-12-9-6-3)81-75(78)69-66-63-60-57-54-51-48-45-42-40-38-36-34-32-29-26-23-20-17-14-11-8-5-2/h9,12,18,21-22,25,27,30-31,33,72H,4-8,10-11,13-17,19-20,23-24,26,28-29,32,34-71H2,1-3H3/b12-9-,21-18-,25-22-,30-27-,33-31-. The van der Waals surface area contributed by atoms with Crippen molar-refractivity contribution >= 4 is 17.9 Å². The summed E-state index contributed by atoms with van der Waals surface area (Å²) in [6.07, 6.45) is 89.6. The molecule has 0 heterocycles. The second-order valence-electron chi connectivity index (χ2n) is 24.1. The Labute approximate surface area is 504 Å². The number of esters is 3. The molecule has 81 heavy (non-hydrogen) atoms. The summed E-state index contributed by atoms with van der Waals surface area (Å²) in [7, 11) is 0. The van der Waals surface area contributed by atoms with Gasteiger partial charge in [0.25, 0.3) is 0 Å². The van der Waals surface area contributed by atoms with Crippen LogP contribution in [-0.4, -0.2) is 37.2 Å². The van der Waals surface area contributed by atoms with Crippen LogP contribution < -0.4 is 0 Å². The second kappa shape index (κ2) is 69.6. The number of unbranched alkanes of at least 4 members (excludes halogenated alkanes) is 45. The summed E-state index contributed by atoms with van der Waals surface area (Å²) in [5, 5.41) is 0. The minimum atomic E-state index is -0.780. The van der Waals surface area contributed by atoms with Gasteiger partial charge in [-0.3, -0.25) is 14.4 Å². The number of allylic oxidation sites excluding steroid dienone is 10. The largest absolute Gasteiger partial charge is 0.462 e. The van der Waals surface area contributed by atoms with Gasteiger partial charge < -0.3 is 14.2 Å². The fourth-order valence-corrected chi connectivity index (χ4v) is 10.7. The van der Waals surface area contributed by atoms with E-state index in [0.29, 0.717) is 19.3 Å². The maximum atomic E-state index is 13.0. The van der Waals surface area contributed by atoms with Crippen molar-refractivity contribution < 1.29 is 28.6 Å². The third-order valence-electron chi connectivity index (χ3n) is 16.0. The molecule has 0 saturated carbocycles. The van der Waals surface area contributed by atoms with Crippen LogP contribution in [0.25, 0.3) is 0 Å². The maximum absolute atomic E-state index is 13.0. The number of hydrogen-bond acceptors (Lipinski definition) is 6. The monoisotopic (exact) mass is 1130 g/mol. The molecule has 0 N–H and O–H groups in total. The third kappa shape index (κ3) is 67.8. The lowest BCUT2D eigenvalue weighted by Gasteiger charge is -2.18. The summed E-state index contributed by atoms with van der Waals surface area (Å²) >= 11 is 0. The van der Waals surface area contributed by atoms with Crippen LogP contribution in [0.2, 0.25) is 0 Å². The predicted molar refractivity (Wildman–Crippen MR) is 353 cm³/mol. The van der Waals surface area contributed by atoms with Crippen molar-refractivity contribution in [3.05, 3.63) is 60.8 Å². The van der Waals surface area contributed by atoms with Crippen LogP contribution in [0, 0.1) is 0 Å². The Kier molecular flexibility index (Phi) is 67.1. The number of hydrogen-bond donors (Lipinski definition) is 0. The lowest BCUT2D eigenvalue weighted by atomic mass is 10.0. The highest BCUT2D eigenvalue weighted by atomic mass is 16.6. The van der Waals surface area contributed by atoms with Crippen molar-refractivity contribution in [3.8, 4) is 0 Å². The number of carbonyl (C=O) groups excluding carboxylic acids is 3. The Hall–Kier alpha value is -2.89. The van der Waals surface area contributed by atoms with Gasteiger partial charge in [0, 0.05) is 19.3 Å². The normalized spacial score (nSPS) is 12.4. The summed E-state index contributed by atoms with van der Waals surface area (Å²) in [6, 6.07) is 0. The van der Waals surface area contributed by atoms with Crippen molar-refractivity contribution in [3.63, 3.8) is 0 Å². The first-order valence-corrected chi connectivity index (χ1v) is 35.8. The van der Waals surface area contributed by atoms with Crippen LogP contribution in [0.3, 0.4) is 0 Å². The van der Waals surface area contributed by atoms with E-state index in [2.05, 4.69) is 81.5 Å². The molecular weight excluding hydrogens is 997 g/mol. The fraction of sp³-hybridized carbons (Fsp3) is 0.827. The van der Waals surface area contributed by atoms with Crippen molar-refractivity contribution in [2.75, 3.05) is 13.2 Å². The van der Waals surface area contributed by atoms with Crippen LogP contribution in [0.1, 0.15) is 380 Å². The van der Waals surface area contributed by atoms with E-state index in [9.17, 15) is 14.4 Å². The molecule has 0 aliphatic carbocycles. The molecule has 6 nitrogen and oxygen atoms in total. The van der Waals surface area contributed by atoms with E-state index in [1.54, 1.807) is 0 Å². The quantitative estimate of drug-likeness (QED) is 0.0261. The summed E-state index contributed by atoms with van der Waals surface area (Å²) in [5.41, 5.74) is 0. The van der Waals surface area contributed by atoms with Gasteiger partial charge in [-0.15, -0.1) is 0 Å². The molecule has 6 heteroatoms. The molecule has 0 fully saturated rings. The van der Waals surface area contributed by atoms with Gasteiger partial charge in [0.1, 0.15) is 13.2 Å². The van der Waals surface area contributed by atoms with Gasteiger partial charge in [0.15, 0.2) is 6.10 Å². The molecule has 1 atom stereocenters. The van der Waals surface area contributed by atoms with Gasteiger partial charge in [-0.1, -0.05) is 338 Å². The van der Waals surface area contributed by atoms with Gasteiger partial charge in [-0.2, -0.15) is 0 Å². The zero-order chi connectivity index (χ0) is 58.5. The summed E-state index contributed by atoms with van der Waals surface area (Å²) in [5.74, 6) is -0.861. The predicted octanol–water partition coefficient (Wildman–Crippen LogP) is 24.7. The summed E-state index contributed by atoms with van der Waals surface area (Å²) in [4.78, 5) is 38.5. The summed E-state index contributed by atoms with van der Waals surface area (Å²) < 4.78 is 17.0. The summed E-state index contributed by atoms with van der Waals surface area (Å²) in [6.45, 7) is 6.58. The van der Waals surface area contributed by atoms with E-state index in [0.717, 1.165) is 89.9 Å². The van der Waals surface area contributed by atoms with Crippen molar-refractivity contribution in [2.45, 2.75) is 386 Å². The molecule has 0 rings (SSSR count). The highest BCUT2D eigenvalue weighted by molar-refractivity contribution is 5.71. The van der Waals surface area contributed by atoms with Crippen LogP contribution in [0.4, 0.5) is 0 Å². The minimum absolute atomic E-state index is 0.0747. The average Bonchev–Trinajstić information content (AvgIpc) is 3.47. The molecule has 0 spiro atoms. The van der Waals surface area contributed by atoms with Crippen LogP contribution in [-0.2, 0) is 28.6 Å². The Morgan fingerprint density at radius 2 is 0.481 bits per heavy atom. The Bertz CT molecular complexity index is 1440. The highest BCUT2D eigenvalue weighted by Crippen LogP contribution is 2.18. The van der Waals surface area contributed by atoms with Crippen LogP contribution in [0.5, 0.6) is 0 Å².